The second-order valence-corrected chi connectivity index (χ2v) is 6.43. The summed E-state index contributed by atoms with van der Waals surface area (Å²) in [5.74, 6) is 0.849. The minimum Gasteiger partial charge on any atom is -0.370 e. The Morgan fingerprint density at radius 1 is 1.41 bits per heavy atom. The van der Waals surface area contributed by atoms with Gasteiger partial charge in [0.05, 0.1) is 15.3 Å². The summed E-state index contributed by atoms with van der Waals surface area (Å²) in [6.45, 7) is 2.46. The van der Waals surface area contributed by atoms with Gasteiger partial charge in [-0.25, -0.2) is 0 Å². The predicted octanol–water partition coefficient (Wildman–Crippen LogP) is 4.18. The fraction of sp³-hybridized carbons (Fsp3) is 0.615. The molecule has 0 bridgehead atoms. The lowest BCUT2D eigenvalue weighted by molar-refractivity contribution is 0.0219. The number of ether oxygens (including phenoxy) is 1. The standard InChI is InChI=1S/C13H17ClO2S/c1-9-2-4-10(5-3-9)16-8-11(15)12-6-7-13(14)17-12/h6-7,9-10H,2-5,8H2,1H3. The zero-order valence-corrected chi connectivity index (χ0v) is 11.5. The van der Waals surface area contributed by atoms with Gasteiger partial charge in [0.15, 0.2) is 5.78 Å². The Balaban J connectivity index is 1.76. The van der Waals surface area contributed by atoms with Crippen LogP contribution >= 0.6 is 22.9 Å². The Morgan fingerprint density at radius 3 is 2.71 bits per heavy atom. The van der Waals surface area contributed by atoms with Crippen LogP contribution in [0.4, 0.5) is 0 Å². The molecule has 0 aliphatic heterocycles. The van der Waals surface area contributed by atoms with Gasteiger partial charge in [-0.15, -0.1) is 11.3 Å². The van der Waals surface area contributed by atoms with Gasteiger partial charge in [-0.3, -0.25) is 4.79 Å². The second-order valence-electron chi connectivity index (χ2n) is 4.72. The van der Waals surface area contributed by atoms with E-state index in [1.54, 1.807) is 12.1 Å². The van der Waals surface area contributed by atoms with E-state index in [1.165, 1.54) is 24.2 Å². The van der Waals surface area contributed by atoms with Crippen molar-refractivity contribution in [3.8, 4) is 0 Å². The van der Waals surface area contributed by atoms with E-state index in [2.05, 4.69) is 6.92 Å². The minimum absolute atomic E-state index is 0.0421. The molecule has 0 saturated heterocycles. The average molecular weight is 273 g/mol. The van der Waals surface area contributed by atoms with Crippen molar-refractivity contribution in [3.05, 3.63) is 21.3 Å². The number of rotatable bonds is 4. The van der Waals surface area contributed by atoms with Gasteiger partial charge in [0.2, 0.25) is 0 Å². The van der Waals surface area contributed by atoms with Crippen molar-refractivity contribution in [2.24, 2.45) is 5.92 Å². The van der Waals surface area contributed by atoms with Gasteiger partial charge >= 0.3 is 0 Å². The Hall–Kier alpha value is -0.380. The molecule has 0 unspecified atom stereocenters. The van der Waals surface area contributed by atoms with Crippen molar-refractivity contribution in [1.29, 1.82) is 0 Å². The normalized spacial score (nSPS) is 24.8. The summed E-state index contributed by atoms with van der Waals surface area (Å²) in [6, 6.07) is 3.52. The first-order valence-corrected chi connectivity index (χ1v) is 7.24. The zero-order valence-electron chi connectivity index (χ0n) is 9.95. The number of thiophene rings is 1. The molecular weight excluding hydrogens is 256 g/mol. The van der Waals surface area contributed by atoms with Crippen LogP contribution in [0.25, 0.3) is 0 Å². The van der Waals surface area contributed by atoms with Crippen molar-refractivity contribution in [3.63, 3.8) is 0 Å². The number of halogens is 1. The van der Waals surface area contributed by atoms with Gasteiger partial charge in [0, 0.05) is 0 Å². The van der Waals surface area contributed by atoms with Crippen molar-refractivity contribution in [2.75, 3.05) is 6.61 Å². The van der Waals surface area contributed by atoms with Gasteiger partial charge in [0.25, 0.3) is 0 Å². The van der Waals surface area contributed by atoms with E-state index in [-0.39, 0.29) is 18.5 Å². The van der Waals surface area contributed by atoms with Gasteiger partial charge in [-0.2, -0.15) is 0 Å². The number of carbonyl (C=O) groups is 1. The maximum atomic E-state index is 11.8. The Kier molecular flexibility index (Phi) is 4.60. The smallest absolute Gasteiger partial charge is 0.198 e. The van der Waals surface area contributed by atoms with Crippen LogP contribution in [0.15, 0.2) is 12.1 Å². The first-order chi connectivity index (χ1) is 8.15. The van der Waals surface area contributed by atoms with E-state index in [1.807, 2.05) is 0 Å². The summed E-state index contributed by atoms with van der Waals surface area (Å²) in [7, 11) is 0. The maximum absolute atomic E-state index is 11.8. The van der Waals surface area contributed by atoms with Gasteiger partial charge in [-0.1, -0.05) is 18.5 Å². The molecule has 2 nitrogen and oxygen atoms in total. The Bertz CT molecular complexity index is 381. The van der Waals surface area contributed by atoms with Gasteiger partial charge in [-0.05, 0) is 43.7 Å². The number of ketones is 1. The fourth-order valence-electron chi connectivity index (χ4n) is 2.12. The van der Waals surface area contributed by atoms with Crippen LogP contribution in [0.5, 0.6) is 0 Å². The lowest BCUT2D eigenvalue weighted by atomic mass is 9.89. The molecule has 0 N–H and O–H groups in total. The quantitative estimate of drug-likeness (QED) is 0.769. The fourth-order valence-corrected chi connectivity index (χ4v) is 3.09. The van der Waals surface area contributed by atoms with Crippen molar-refractivity contribution in [2.45, 2.75) is 38.7 Å². The highest BCUT2D eigenvalue weighted by atomic mass is 35.5. The number of carbonyl (C=O) groups excluding carboxylic acids is 1. The maximum Gasteiger partial charge on any atom is 0.198 e. The van der Waals surface area contributed by atoms with E-state index >= 15 is 0 Å². The molecule has 1 heterocycles. The van der Waals surface area contributed by atoms with E-state index < -0.39 is 0 Å². The third-order valence-corrected chi connectivity index (χ3v) is 4.53. The Morgan fingerprint density at radius 2 is 2.12 bits per heavy atom. The molecule has 94 valence electrons. The predicted molar refractivity (Wildman–Crippen MR) is 71.0 cm³/mol. The van der Waals surface area contributed by atoms with Crippen LogP contribution in [-0.4, -0.2) is 18.5 Å². The molecule has 1 aromatic rings. The van der Waals surface area contributed by atoms with Crippen molar-refractivity contribution in [1.82, 2.24) is 0 Å². The molecule has 17 heavy (non-hydrogen) atoms. The molecule has 0 spiro atoms. The molecule has 0 aromatic carbocycles. The zero-order chi connectivity index (χ0) is 12.3. The van der Waals surface area contributed by atoms with Crippen LogP contribution in [0.1, 0.15) is 42.3 Å². The molecule has 1 aliphatic carbocycles. The van der Waals surface area contributed by atoms with E-state index in [4.69, 9.17) is 16.3 Å². The molecule has 2 rings (SSSR count). The van der Waals surface area contributed by atoms with Crippen molar-refractivity contribution < 1.29 is 9.53 Å². The summed E-state index contributed by atoms with van der Waals surface area (Å²) < 4.78 is 6.32. The number of hydrogen-bond donors (Lipinski definition) is 0. The third-order valence-electron chi connectivity index (χ3n) is 3.26. The number of Topliss-reactive ketones (excluding diaryl/α,β-unsaturated/α-hetero) is 1. The summed E-state index contributed by atoms with van der Waals surface area (Å²) in [4.78, 5) is 12.5. The lowest BCUT2D eigenvalue weighted by Crippen LogP contribution is -2.23. The van der Waals surface area contributed by atoms with Crippen LogP contribution in [0.2, 0.25) is 4.34 Å². The largest absolute Gasteiger partial charge is 0.370 e. The SMILES string of the molecule is CC1CCC(OCC(=O)c2ccc(Cl)s2)CC1. The monoisotopic (exact) mass is 272 g/mol. The van der Waals surface area contributed by atoms with Gasteiger partial charge in [0.1, 0.15) is 6.61 Å². The van der Waals surface area contributed by atoms with Crippen LogP contribution in [0.3, 0.4) is 0 Å². The van der Waals surface area contributed by atoms with E-state index in [0.717, 1.165) is 18.8 Å². The highest BCUT2D eigenvalue weighted by Gasteiger charge is 2.20. The summed E-state index contributed by atoms with van der Waals surface area (Å²) in [5.41, 5.74) is 0. The molecule has 1 saturated carbocycles. The minimum atomic E-state index is 0.0421. The summed E-state index contributed by atoms with van der Waals surface area (Å²) in [5, 5.41) is 0. The van der Waals surface area contributed by atoms with Crippen LogP contribution < -0.4 is 0 Å². The highest BCUT2D eigenvalue weighted by Crippen LogP contribution is 2.26. The second kappa shape index (κ2) is 5.98. The third kappa shape index (κ3) is 3.80. The molecule has 0 atom stereocenters. The molecule has 4 heteroatoms. The molecule has 0 amide bonds. The molecule has 1 fully saturated rings. The van der Waals surface area contributed by atoms with E-state index in [9.17, 15) is 4.79 Å². The average Bonchev–Trinajstić information content (AvgIpc) is 2.75. The van der Waals surface area contributed by atoms with Gasteiger partial charge < -0.3 is 4.74 Å². The lowest BCUT2D eigenvalue weighted by Gasteiger charge is -2.25. The van der Waals surface area contributed by atoms with Crippen molar-refractivity contribution >= 4 is 28.7 Å². The molecular formula is C13H17ClO2S. The molecule has 1 aliphatic rings. The summed E-state index contributed by atoms with van der Waals surface area (Å²) >= 11 is 7.11. The van der Waals surface area contributed by atoms with Crippen LogP contribution in [0, 0.1) is 5.92 Å². The Labute approximate surface area is 111 Å². The van der Waals surface area contributed by atoms with Crippen LogP contribution in [-0.2, 0) is 4.74 Å². The topological polar surface area (TPSA) is 26.3 Å². The molecule has 0 radical (unpaired) electrons. The highest BCUT2D eigenvalue weighted by molar-refractivity contribution is 7.18. The first-order valence-electron chi connectivity index (χ1n) is 6.05. The summed E-state index contributed by atoms with van der Waals surface area (Å²) in [6.07, 6.45) is 4.86. The first kappa shape index (κ1) is 13.1. The molecule has 1 aromatic heterocycles. The number of hydrogen-bond acceptors (Lipinski definition) is 3. The van der Waals surface area contributed by atoms with E-state index in [0.29, 0.717) is 9.21 Å².